The number of hydrogen-bond donors (Lipinski definition) is 1. The van der Waals surface area contributed by atoms with E-state index in [0.29, 0.717) is 11.3 Å². The first-order valence-electron chi connectivity index (χ1n) is 6.80. The summed E-state index contributed by atoms with van der Waals surface area (Å²) in [6, 6.07) is 0. The van der Waals surface area contributed by atoms with Crippen molar-refractivity contribution in [1.29, 1.82) is 0 Å². The first-order chi connectivity index (χ1) is 9.13. The van der Waals surface area contributed by atoms with Gasteiger partial charge in [0, 0.05) is 26.2 Å². The van der Waals surface area contributed by atoms with Crippen molar-refractivity contribution in [3.8, 4) is 0 Å². The minimum Gasteiger partial charge on any atom is -0.477 e. The highest BCUT2D eigenvalue weighted by Gasteiger charge is 2.20. The lowest BCUT2D eigenvalue weighted by atomic mass is 10.3. The van der Waals surface area contributed by atoms with Gasteiger partial charge in [0.05, 0.1) is 12.2 Å². The van der Waals surface area contributed by atoms with Crippen molar-refractivity contribution in [3.63, 3.8) is 0 Å². The Bertz CT molecular complexity index is 439. The van der Waals surface area contributed by atoms with E-state index in [-0.39, 0.29) is 0 Å². The van der Waals surface area contributed by atoms with Crippen molar-refractivity contribution >= 4 is 17.3 Å². The van der Waals surface area contributed by atoms with E-state index < -0.39 is 5.97 Å². The van der Waals surface area contributed by atoms with Crippen LogP contribution >= 0.6 is 11.3 Å². The largest absolute Gasteiger partial charge is 0.477 e. The molecule has 0 atom stereocenters. The summed E-state index contributed by atoms with van der Waals surface area (Å²) in [5.41, 5.74) is 0.722. The van der Waals surface area contributed by atoms with E-state index in [1.165, 1.54) is 11.3 Å². The summed E-state index contributed by atoms with van der Waals surface area (Å²) < 4.78 is 0. The second kappa shape index (κ2) is 6.45. The topological polar surface area (TPSA) is 56.7 Å². The SMILES string of the molecule is CCc1nc(CN2CCN(CC)CC2)sc1C(=O)O. The van der Waals surface area contributed by atoms with Crippen molar-refractivity contribution in [1.82, 2.24) is 14.8 Å². The Kier molecular flexibility index (Phi) is 4.90. The number of carboxylic acids is 1. The molecule has 0 unspecified atom stereocenters. The minimum atomic E-state index is -0.851. The second-order valence-corrected chi connectivity index (χ2v) is 5.84. The molecule has 106 valence electrons. The zero-order chi connectivity index (χ0) is 13.8. The zero-order valence-electron chi connectivity index (χ0n) is 11.6. The zero-order valence-corrected chi connectivity index (χ0v) is 12.4. The van der Waals surface area contributed by atoms with Gasteiger partial charge in [-0.05, 0) is 13.0 Å². The van der Waals surface area contributed by atoms with Crippen LogP contribution in [0.2, 0.25) is 0 Å². The van der Waals surface area contributed by atoms with Gasteiger partial charge < -0.3 is 10.0 Å². The normalized spacial score (nSPS) is 17.8. The summed E-state index contributed by atoms with van der Waals surface area (Å²) in [4.78, 5) is 20.8. The molecule has 5 nitrogen and oxygen atoms in total. The van der Waals surface area contributed by atoms with Gasteiger partial charge in [-0.2, -0.15) is 0 Å². The van der Waals surface area contributed by atoms with Gasteiger partial charge in [0.2, 0.25) is 0 Å². The summed E-state index contributed by atoms with van der Waals surface area (Å²) >= 11 is 1.33. The number of likely N-dealkylation sites (N-methyl/N-ethyl adjacent to an activating group) is 1. The van der Waals surface area contributed by atoms with Crippen LogP contribution in [0.1, 0.15) is 34.2 Å². The van der Waals surface area contributed by atoms with Crippen LogP contribution in [0.5, 0.6) is 0 Å². The van der Waals surface area contributed by atoms with E-state index in [4.69, 9.17) is 5.11 Å². The quantitative estimate of drug-likeness (QED) is 0.888. The van der Waals surface area contributed by atoms with Crippen LogP contribution < -0.4 is 0 Å². The van der Waals surface area contributed by atoms with Gasteiger partial charge in [0.15, 0.2) is 0 Å². The number of aryl methyl sites for hydroxylation is 1. The summed E-state index contributed by atoms with van der Waals surface area (Å²) in [6.45, 7) is 10.3. The van der Waals surface area contributed by atoms with E-state index in [1.54, 1.807) is 0 Å². The van der Waals surface area contributed by atoms with Crippen molar-refractivity contribution in [2.75, 3.05) is 32.7 Å². The molecule has 1 aromatic heterocycles. The monoisotopic (exact) mass is 283 g/mol. The molecule has 1 fully saturated rings. The number of hydrogen-bond acceptors (Lipinski definition) is 5. The minimum absolute atomic E-state index is 0.407. The van der Waals surface area contributed by atoms with Crippen LogP contribution in [0.15, 0.2) is 0 Å². The molecule has 0 amide bonds. The Morgan fingerprint density at radius 2 is 1.89 bits per heavy atom. The van der Waals surface area contributed by atoms with Gasteiger partial charge in [0.25, 0.3) is 0 Å². The maximum atomic E-state index is 11.1. The highest BCUT2D eigenvalue weighted by molar-refractivity contribution is 7.13. The number of carboxylic acid groups (broad SMARTS) is 1. The predicted molar refractivity (Wildman–Crippen MR) is 75.8 cm³/mol. The molecule has 1 aromatic rings. The molecule has 0 saturated carbocycles. The summed E-state index contributed by atoms with van der Waals surface area (Å²) in [7, 11) is 0. The van der Waals surface area contributed by atoms with E-state index in [2.05, 4.69) is 21.7 Å². The van der Waals surface area contributed by atoms with E-state index >= 15 is 0 Å². The molecule has 2 rings (SSSR count). The van der Waals surface area contributed by atoms with Crippen molar-refractivity contribution < 1.29 is 9.90 Å². The summed E-state index contributed by atoms with van der Waals surface area (Å²) in [5, 5.41) is 10.1. The van der Waals surface area contributed by atoms with Crippen LogP contribution in [0.3, 0.4) is 0 Å². The lowest BCUT2D eigenvalue weighted by molar-refractivity contribution is 0.0701. The smallest absolute Gasteiger partial charge is 0.347 e. The molecule has 0 bridgehead atoms. The fraction of sp³-hybridized carbons (Fsp3) is 0.692. The van der Waals surface area contributed by atoms with Gasteiger partial charge in [-0.3, -0.25) is 4.90 Å². The Balaban J connectivity index is 1.98. The predicted octanol–water partition coefficient (Wildman–Crippen LogP) is 1.54. The number of aromatic nitrogens is 1. The van der Waals surface area contributed by atoms with Gasteiger partial charge in [-0.15, -0.1) is 11.3 Å². The Hall–Kier alpha value is -0.980. The first-order valence-corrected chi connectivity index (χ1v) is 7.62. The third-order valence-corrected chi connectivity index (χ3v) is 4.61. The summed E-state index contributed by atoms with van der Waals surface area (Å²) in [5.74, 6) is -0.851. The molecule has 0 aliphatic carbocycles. The van der Waals surface area contributed by atoms with Crippen LogP contribution in [0, 0.1) is 0 Å². The molecule has 0 spiro atoms. The maximum Gasteiger partial charge on any atom is 0.347 e. The van der Waals surface area contributed by atoms with E-state index in [9.17, 15) is 4.79 Å². The van der Waals surface area contributed by atoms with Gasteiger partial charge in [-0.25, -0.2) is 9.78 Å². The number of piperazine rings is 1. The number of rotatable bonds is 5. The molecular formula is C13H21N3O2S. The molecule has 2 heterocycles. The average molecular weight is 283 g/mol. The Morgan fingerprint density at radius 1 is 1.26 bits per heavy atom. The number of nitrogens with zero attached hydrogens (tertiary/aromatic N) is 3. The fourth-order valence-corrected chi connectivity index (χ4v) is 3.36. The van der Waals surface area contributed by atoms with Gasteiger partial charge >= 0.3 is 5.97 Å². The van der Waals surface area contributed by atoms with Crippen molar-refractivity contribution in [3.05, 3.63) is 15.6 Å². The third kappa shape index (κ3) is 3.52. The van der Waals surface area contributed by atoms with Crippen molar-refractivity contribution in [2.45, 2.75) is 26.8 Å². The maximum absolute atomic E-state index is 11.1. The highest BCUT2D eigenvalue weighted by Crippen LogP contribution is 2.21. The fourth-order valence-electron chi connectivity index (χ4n) is 2.33. The van der Waals surface area contributed by atoms with Crippen LogP contribution in [0.25, 0.3) is 0 Å². The van der Waals surface area contributed by atoms with E-state index in [0.717, 1.165) is 50.0 Å². The van der Waals surface area contributed by atoms with Crippen molar-refractivity contribution in [2.24, 2.45) is 0 Å². The Labute approximate surface area is 117 Å². The second-order valence-electron chi connectivity index (χ2n) is 4.75. The van der Waals surface area contributed by atoms with E-state index in [1.807, 2.05) is 6.92 Å². The number of carbonyl (C=O) groups is 1. The van der Waals surface area contributed by atoms with Crippen LogP contribution in [-0.4, -0.2) is 58.6 Å². The number of thiazole rings is 1. The molecule has 1 N–H and O–H groups in total. The molecule has 1 aliphatic rings. The molecule has 19 heavy (non-hydrogen) atoms. The van der Waals surface area contributed by atoms with Gasteiger partial charge in [-0.1, -0.05) is 13.8 Å². The van der Waals surface area contributed by atoms with Crippen LogP contribution in [-0.2, 0) is 13.0 Å². The standard InChI is InChI=1S/C13H21N3O2S/c1-3-10-12(13(17)18)19-11(14-10)9-16-7-5-15(4-2)6-8-16/h3-9H2,1-2H3,(H,17,18). The molecule has 0 aromatic carbocycles. The molecular weight excluding hydrogens is 262 g/mol. The number of aromatic carboxylic acids is 1. The Morgan fingerprint density at radius 3 is 2.37 bits per heavy atom. The lowest BCUT2D eigenvalue weighted by Gasteiger charge is -2.33. The van der Waals surface area contributed by atoms with Crippen LogP contribution in [0.4, 0.5) is 0 Å². The third-order valence-electron chi connectivity index (χ3n) is 3.54. The molecule has 1 saturated heterocycles. The first kappa shape index (κ1) is 14.4. The lowest BCUT2D eigenvalue weighted by Crippen LogP contribution is -2.45. The van der Waals surface area contributed by atoms with Gasteiger partial charge in [0.1, 0.15) is 9.88 Å². The summed E-state index contributed by atoms with van der Waals surface area (Å²) in [6.07, 6.45) is 0.682. The molecule has 6 heteroatoms. The highest BCUT2D eigenvalue weighted by atomic mass is 32.1. The average Bonchev–Trinajstić information content (AvgIpc) is 2.83. The molecule has 0 radical (unpaired) electrons. The molecule has 1 aliphatic heterocycles.